The molecule has 0 fully saturated rings. The van der Waals surface area contributed by atoms with Crippen LogP contribution in [0.3, 0.4) is 0 Å². The summed E-state index contributed by atoms with van der Waals surface area (Å²) in [5.74, 6) is 1.31. The quantitative estimate of drug-likeness (QED) is 0.329. The van der Waals surface area contributed by atoms with Gasteiger partial charge in [-0.25, -0.2) is 0 Å². The van der Waals surface area contributed by atoms with Crippen LogP contribution in [0, 0.1) is 0 Å². The third kappa shape index (κ3) is 15.7. The van der Waals surface area contributed by atoms with Gasteiger partial charge in [-0.15, -0.1) is 0 Å². The van der Waals surface area contributed by atoms with Gasteiger partial charge in [0.15, 0.2) is 0 Å². The Morgan fingerprint density at radius 2 is 1.26 bits per heavy atom. The molecule has 0 N–H and O–H groups in total. The summed E-state index contributed by atoms with van der Waals surface area (Å²) < 4.78 is 12.0. The Morgan fingerprint density at radius 1 is 0.743 bits per heavy atom. The van der Waals surface area contributed by atoms with Crippen LogP contribution < -0.4 is 0 Å². The molecular weight excluding hydrogens is 490 g/mol. The van der Waals surface area contributed by atoms with Gasteiger partial charge in [-0.2, -0.15) is 0 Å². The summed E-state index contributed by atoms with van der Waals surface area (Å²) in [5, 5.41) is 0. The molecule has 1 rings (SSSR count). The minimum absolute atomic E-state index is 0.638. The number of allylic oxidation sites excluding steroid dienone is 12. The Bertz CT molecular complexity index is 865. The summed E-state index contributed by atoms with van der Waals surface area (Å²) >= 11 is -1.54. The van der Waals surface area contributed by atoms with E-state index in [1.807, 2.05) is 118 Å². The summed E-state index contributed by atoms with van der Waals surface area (Å²) in [7, 11) is 0. The average molecular weight is 536 g/mol. The van der Waals surface area contributed by atoms with Crippen molar-refractivity contribution in [3.05, 3.63) is 108 Å². The molecule has 0 atom stereocenters. The predicted octanol–water partition coefficient (Wildman–Crippen LogP) is 9.18. The molecule has 1 radical (unpaired) electrons. The Kier molecular flexibility index (Phi) is 28.9. The Hall–Kier alpha value is -2.76. The van der Waals surface area contributed by atoms with Gasteiger partial charge in [0.25, 0.3) is 0 Å². The molecular formula is C30H46GaN2O2. The molecule has 5 heteroatoms. The first-order valence-corrected chi connectivity index (χ1v) is 14.3. The van der Waals surface area contributed by atoms with E-state index < -0.39 is 18.1 Å². The molecule has 0 saturated carbocycles. The Morgan fingerprint density at radius 3 is 1.69 bits per heavy atom. The summed E-state index contributed by atoms with van der Waals surface area (Å²) in [4.78, 5) is 9.35. The maximum atomic E-state index is 5.99. The maximum Gasteiger partial charge on any atom is -0.0683 e. The molecule has 4 nitrogen and oxygen atoms in total. The Labute approximate surface area is 224 Å². The number of rotatable bonds is 5. The van der Waals surface area contributed by atoms with E-state index >= 15 is 0 Å². The van der Waals surface area contributed by atoms with Crippen LogP contribution in [0.2, 0.25) is 0 Å². The molecule has 1 heterocycles. The van der Waals surface area contributed by atoms with E-state index in [9.17, 15) is 0 Å². The standard InChI is InChI=1S/C24H30N2O2.3C2H6.Ga/c1-7-13-20(23(27)12-6)18-26-22(15-9-3)21(14-8-2)25-17-19(11-5)24(28)16-10-4;3*1-2;/h7-18,27-28H,4,6H2,1-3,5H3;3*1-2H3;/q;;;;+2/p-2/b13-7-,14-8-,15-9-,19-11-,22-21-,23-20-,24-16+,25-17+,26-18-;;;;. The van der Waals surface area contributed by atoms with E-state index in [0.29, 0.717) is 11.5 Å². The first kappa shape index (κ1) is 36.8. The number of hydrogen-bond acceptors (Lipinski definition) is 4. The molecule has 1 aliphatic rings. The molecule has 0 saturated heterocycles. The smallest absolute Gasteiger partial charge is 0.0683 e. The predicted molar refractivity (Wildman–Crippen MR) is 160 cm³/mol. The summed E-state index contributed by atoms with van der Waals surface area (Å²) in [6.07, 6.45) is 22.2. The normalized spacial score (nSPS) is 22.5. The van der Waals surface area contributed by atoms with Gasteiger partial charge in [0, 0.05) is 0 Å². The van der Waals surface area contributed by atoms with Crippen LogP contribution in [0.25, 0.3) is 0 Å². The number of aliphatic imine (C=N–C) groups is 2. The minimum atomic E-state index is -1.54. The van der Waals surface area contributed by atoms with Crippen LogP contribution in [0.1, 0.15) is 69.2 Å². The van der Waals surface area contributed by atoms with Gasteiger partial charge in [-0.3, -0.25) is 0 Å². The van der Waals surface area contributed by atoms with Crippen LogP contribution in [-0.4, -0.2) is 30.6 Å². The SMILES string of the molecule is C=C\C=C1\[O][Ga][O]/C(C=C)=C(/C=C\C)\C=N/C(/C=C\C)=C(/C=C\C)\N=C\C1=C\C.CC.CC.CC. The molecule has 0 aromatic heterocycles. The van der Waals surface area contributed by atoms with Gasteiger partial charge >= 0.3 is 183 Å². The molecule has 191 valence electrons. The van der Waals surface area contributed by atoms with Crippen molar-refractivity contribution in [2.45, 2.75) is 69.2 Å². The van der Waals surface area contributed by atoms with Gasteiger partial charge in [0.1, 0.15) is 0 Å². The molecule has 0 amide bonds. The van der Waals surface area contributed by atoms with Crippen molar-refractivity contribution in [1.82, 2.24) is 0 Å². The van der Waals surface area contributed by atoms with Crippen LogP contribution >= 0.6 is 0 Å². The third-order valence-electron chi connectivity index (χ3n) is 3.63. The first-order chi connectivity index (χ1) is 17.1. The van der Waals surface area contributed by atoms with Gasteiger partial charge in [0.05, 0.1) is 0 Å². The fraction of sp³-hybridized carbons (Fsp3) is 0.333. The summed E-state index contributed by atoms with van der Waals surface area (Å²) in [5.41, 5.74) is 3.12. The molecule has 35 heavy (non-hydrogen) atoms. The van der Waals surface area contributed by atoms with Crippen molar-refractivity contribution in [3.8, 4) is 0 Å². The minimum Gasteiger partial charge on any atom is -0.0683 e. The number of hydrogen-bond donors (Lipinski definition) is 0. The second-order valence-corrected chi connectivity index (χ2v) is 7.05. The van der Waals surface area contributed by atoms with Crippen molar-refractivity contribution in [2.75, 3.05) is 0 Å². The second kappa shape index (κ2) is 27.5. The van der Waals surface area contributed by atoms with E-state index in [4.69, 9.17) is 7.06 Å². The van der Waals surface area contributed by atoms with Gasteiger partial charge in [-0.1, -0.05) is 41.5 Å². The first-order valence-electron chi connectivity index (χ1n) is 12.4. The molecule has 0 aliphatic carbocycles. The summed E-state index contributed by atoms with van der Waals surface area (Å²) in [6.45, 7) is 27.4. The van der Waals surface area contributed by atoms with Crippen molar-refractivity contribution >= 4 is 30.6 Å². The Balaban J connectivity index is -0.00000158. The monoisotopic (exact) mass is 535 g/mol. The molecule has 0 aromatic rings. The van der Waals surface area contributed by atoms with E-state index in [2.05, 4.69) is 23.1 Å². The van der Waals surface area contributed by atoms with Crippen LogP contribution in [-0.2, 0) is 7.06 Å². The van der Waals surface area contributed by atoms with Crippen molar-refractivity contribution in [2.24, 2.45) is 9.98 Å². The third-order valence-corrected chi connectivity index (χ3v) is 5.10. The zero-order chi connectivity index (χ0) is 27.5. The van der Waals surface area contributed by atoms with Crippen LogP contribution in [0.4, 0.5) is 0 Å². The average Bonchev–Trinajstić information content (AvgIpc) is 2.92. The largest absolute Gasteiger partial charge is 0.0683 e. The van der Waals surface area contributed by atoms with Crippen molar-refractivity contribution in [1.29, 1.82) is 0 Å². The van der Waals surface area contributed by atoms with E-state index in [1.165, 1.54) is 0 Å². The van der Waals surface area contributed by atoms with Gasteiger partial charge in [0.2, 0.25) is 0 Å². The van der Waals surface area contributed by atoms with E-state index in [0.717, 1.165) is 22.5 Å². The zero-order valence-corrected chi connectivity index (χ0v) is 26.1. The molecule has 0 unspecified atom stereocenters. The van der Waals surface area contributed by atoms with Crippen molar-refractivity contribution in [3.63, 3.8) is 0 Å². The maximum absolute atomic E-state index is 5.99. The molecule has 1 aliphatic heterocycles. The molecule has 0 aromatic carbocycles. The summed E-state index contributed by atoms with van der Waals surface area (Å²) in [6, 6.07) is 0. The number of nitrogens with zero attached hydrogens (tertiary/aromatic N) is 2. The van der Waals surface area contributed by atoms with Gasteiger partial charge < -0.3 is 0 Å². The van der Waals surface area contributed by atoms with Crippen molar-refractivity contribution < 1.29 is 7.06 Å². The molecule has 0 spiro atoms. The van der Waals surface area contributed by atoms with E-state index in [1.54, 1.807) is 24.6 Å². The fourth-order valence-electron chi connectivity index (χ4n) is 2.30. The topological polar surface area (TPSA) is 43.2 Å². The fourth-order valence-corrected chi connectivity index (χ4v) is 3.78. The van der Waals surface area contributed by atoms with Crippen LogP contribution in [0.5, 0.6) is 0 Å². The molecule has 0 bridgehead atoms. The zero-order valence-electron chi connectivity index (χ0n) is 23.6. The second-order valence-electron chi connectivity index (χ2n) is 5.65. The van der Waals surface area contributed by atoms with E-state index in [-0.39, 0.29) is 0 Å². The van der Waals surface area contributed by atoms with Gasteiger partial charge in [-0.05, 0) is 0 Å². The van der Waals surface area contributed by atoms with Crippen LogP contribution in [0.15, 0.2) is 118 Å².